The minimum Gasteiger partial charge on any atom is -0.322 e. The lowest BCUT2D eigenvalue weighted by atomic mass is 9.94. The molecule has 3 amide bonds. The number of benzene rings is 2. The van der Waals surface area contributed by atoms with E-state index in [1.54, 1.807) is 24.3 Å². The number of nitrogens with zero attached hydrogens (tertiary/aromatic N) is 1. The van der Waals surface area contributed by atoms with E-state index in [9.17, 15) is 14.4 Å². The average Bonchev–Trinajstić information content (AvgIpc) is 2.92. The highest BCUT2D eigenvalue weighted by Crippen LogP contribution is 2.32. The van der Waals surface area contributed by atoms with E-state index in [-0.39, 0.29) is 28.4 Å². The lowest BCUT2D eigenvalue weighted by Gasteiger charge is -2.29. The number of imide groups is 1. The zero-order chi connectivity index (χ0) is 19.8. The molecule has 0 saturated heterocycles. The molecule has 0 aromatic heterocycles. The van der Waals surface area contributed by atoms with E-state index in [0.717, 1.165) is 32.1 Å². The van der Waals surface area contributed by atoms with Crippen molar-refractivity contribution in [3.05, 3.63) is 63.1 Å². The summed E-state index contributed by atoms with van der Waals surface area (Å²) in [7, 11) is 0. The molecule has 0 radical (unpaired) electrons. The minimum atomic E-state index is -0.414. The molecule has 1 aliphatic carbocycles. The van der Waals surface area contributed by atoms with E-state index >= 15 is 0 Å². The van der Waals surface area contributed by atoms with Crippen LogP contribution in [-0.2, 0) is 0 Å². The number of hydrogen-bond donors (Lipinski definition) is 1. The molecule has 144 valence electrons. The van der Waals surface area contributed by atoms with Gasteiger partial charge in [0.05, 0.1) is 21.7 Å². The molecule has 2 aliphatic rings. The number of hydrogen-bond acceptors (Lipinski definition) is 3. The molecule has 1 aliphatic heterocycles. The molecule has 5 nitrogen and oxygen atoms in total. The largest absolute Gasteiger partial charge is 0.322 e. The van der Waals surface area contributed by atoms with Gasteiger partial charge < -0.3 is 5.32 Å². The smallest absolute Gasteiger partial charge is 0.261 e. The van der Waals surface area contributed by atoms with Crippen LogP contribution < -0.4 is 5.32 Å². The molecule has 0 spiro atoms. The quantitative estimate of drug-likeness (QED) is 0.701. The van der Waals surface area contributed by atoms with Crippen LogP contribution in [0.3, 0.4) is 0 Å². The second-order valence-corrected chi connectivity index (χ2v) is 7.95. The second-order valence-electron chi connectivity index (χ2n) is 7.11. The van der Waals surface area contributed by atoms with Crippen LogP contribution >= 0.6 is 23.2 Å². The zero-order valence-corrected chi connectivity index (χ0v) is 16.5. The van der Waals surface area contributed by atoms with Crippen LogP contribution in [0.1, 0.15) is 63.2 Å². The van der Waals surface area contributed by atoms with Crippen LogP contribution in [0.25, 0.3) is 0 Å². The van der Waals surface area contributed by atoms with Gasteiger partial charge in [0.25, 0.3) is 17.7 Å². The van der Waals surface area contributed by atoms with Gasteiger partial charge in [0.2, 0.25) is 0 Å². The van der Waals surface area contributed by atoms with Crippen LogP contribution in [0.4, 0.5) is 5.69 Å². The highest BCUT2D eigenvalue weighted by Gasteiger charge is 2.40. The Hall–Kier alpha value is -2.37. The van der Waals surface area contributed by atoms with Crippen LogP contribution in [0, 0.1) is 0 Å². The van der Waals surface area contributed by atoms with Crippen molar-refractivity contribution >= 4 is 46.6 Å². The van der Waals surface area contributed by atoms with Crippen LogP contribution in [0.15, 0.2) is 36.4 Å². The molecule has 1 heterocycles. The molecule has 0 unspecified atom stereocenters. The molecular formula is C21H18Cl2N2O3. The number of fused-ring (bicyclic) bond motifs is 1. The van der Waals surface area contributed by atoms with Crippen molar-refractivity contribution in [2.45, 2.75) is 38.1 Å². The first kappa shape index (κ1) is 19.0. The monoisotopic (exact) mass is 416 g/mol. The normalized spacial score (nSPS) is 17.0. The van der Waals surface area contributed by atoms with E-state index in [0.29, 0.717) is 21.8 Å². The summed E-state index contributed by atoms with van der Waals surface area (Å²) >= 11 is 11.9. The first-order valence-corrected chi connectivity index (χ1v) is 9.99. The first-order chi connectivity index (χ1) is 13.5. The summed E-state index contributed by atoms with van der Waals surface area (Å²) in [5.74, 6) is -0.944. The first-order valence-electron chi connectivity index (χ1n) is 9.24. The highest BCUT2D eigenvalue weighted by molar-refractivity contribution is 6.37. The van der Waals surface area contributed by atoms with Gasteiger partial charge in [0.1, 0.15) is 0 Å². The summed E-state index contributed by atoms with van der Waals surface area (Å²) < 4.78 is 0. The Morgan fingerprint density at radius 1 is 0.929 bits per heavy atom. The Labute approximate surface area is 172 Å². The molecule has 2 aromatic carbocycles. The Bertz CT molecular complexity index is 984. The highest BCUT2D eigenvalue weighted by atomic mass is 35.5. The number of rotatable bonds is 3. The van der Waals surface area contributed by atoms with Crippen molar-refractivity contribution in [3.8, 4) is 0 Å². The van der Waals surface area contributed by atoms with Gasteiger partial charge in [-0.25, -0.2) is 0 Å². The Morgan fingerprint density at radius 3 is 2.36 bits per heavy atom. The number of carbonyl (C=O) groups excluding carboxylic acids is 3. The summed E-state index contributed by atoms with van der Waals surface area (Å²) in [4.78, 5) is 39.5. The van der Waals surface area contributed by atoms with Crippen molar-refractivity contribution in [3.63, 3.8) is 0 Å². The maximum atomic E-state index is 12.9. The van der Waals surface area contributed by atoms with Gasteiger partial charge in [-0.05, 0) is 49.2 Å². The molecule has 1 fully saturated rings. The summed E-state index contributed by atoms with van der Waals surface area (Å²) in [6.07, 6.45) is 4.90. The van der Waals surface area contributed by atoms with Crippen LogP contribution in [0.5, 0.6) is 0 Å². The van der Waals surface area contributed by atoms with E-state index in [4.69, 9.17) is 23.2 Å². The molecule has 1 saturated carbocycles. The maximum absolute atomic E-state index is 12.9. The maximum Gasteiger partial charge on any atom is 0.261 e. The topological polar surface area (TPSA) is 66.5 Å². The fraction of sp³-hybridized carbons (Fsp3) is 0.286. The summed E-state index contributed by atoms with van der Waals surface area (Å²) in [5, 5.41) is 3.40. The number of carbonyl (C=O) groups is 3. The van der Waals surface area contributed by atoms with Gasteiger partial charge >= 0.3 is 0 Å². The molecular weight excluding hydrogens is 399 g/mol. The fourth-order valence-electron chi connectivity index (χ4n) is 3.88. The second kappa shape index (κ2) is 7.57. The SMILES string of the molecule is O=C(Nc1ccc2c(c1)C(=O)N(C1CCCCC1)C2=O)c1ccc(Cl)cc1Cl. The number of halogens is 2. The molecule has 1 N–H and O–H groups in total. The molecule has 0 bridgehead atoms. The minimum absolute atomic E-state index is 0.0351. The van der Waals surface area contributed by atoms with Crippen LogP contribution in [0.2, 0.25) is 10.0 Å². The Kier molecular flexibility index (Phi) is 5.13. The van der Waals surface area contributed by atoms with E-state index in [2.05, 4.69) is 5.32 Å². The van der Waals surface area contributed by atoms with Crippen molar-refractivity contribution in [2.75, 3.05) is 5.32 Å². The molecule has 2 aromatic rings. The lowest BCUT2D eigenvalue weighted by Crippen LogP contribution is -2.40. The van der Waals surface area contributed by atoms with Gasteiger partial charge in [-0.15, -0.1) is 0 Å². The van der Waals surface area contributed by atoms with Crippen molar-refractivity contribution in [2.24, 2.45) is 0 Å². The third-order valence-electron chi connectivity index (χ3n) is 5.29. The number of anilines is 1. The van der Waals surface area contributed by atoms with Gasteiger partial charge in [0, 0.05) is 16.8 Å². The van der Waals surface area contributed by atoms with Gasteiger partial charge in [-0.1, -0.05) is 42.5 Å². The zero-order valence-electron chi connectivity index (χ0n) is 15.0. The third-order valence-corrected chi connectivity index (χ3v) is 5.84. The van der Waals surface area contributed by atoms with Gasteiger partial charge in [0.15, 0.2) is 0 Å². The Balaban J connectivity index is 1.57. The third kappa shape index (κ3) is 3.40. The lowest BCUT2D eigenvalue weighted by molar-refractivity contribution is 0.0548. The molecule has 7 heteroatoms. The summed E-state index contributed by atoms with van der Waals surface area (Å²) in [6.45, 7) is 0. The van der Waals surface area contributed by atoms with E-state index < -0.39 is 5.91 Å². The predicted octanol–water partition coefficient (Wildman–Crippen LogP) is 5.17. The predicted molar refractivity (Wildman–Crippen MR) is 108 cm³/mol. The van der Waals surface area contributed by atoms with Gasteiger partial charge in [-0.3, -0.25) is 19.3 Å². The van der Waals surface area contributed by atoms with E-state index in [1.807, 2.05) is 0 Å². The Morgan fingerprint density at radius 2 is 1.64 bits per heavy atom. The van der Waals surface area contributed by atoms with E-state index in [1.165, 1.54) is 17.0 Å². The molecule has 0 atom stereocenters. The standard InChI is InChI=1S/C21H18Cl2N2O3/c22-12-6-8-16(18(23)10-12)19(26)24-13-7-9-15-17(11-13)21(28)25(20(15)27)14-4-2-1-3-5-14/h6-11,14H,1-5H2,(H,24,26). The average molecular weight is 417 g/mol. The summed E-state index contributed by atoms with van der Waals surface area (Å²) in [6, 6.07) is 9.34. The fourth-order valence-corrected chi connectivity index (χ4v) is 4.37. The number of amides is 3. The van der Waals surface area contributed by atoms with Crippen LogP contribution in [-0.4, -0.2) is 28.7 Å². The molecule has 4 rings (SSSR count). The summed E-state index contributed by atoms with van der Waals surface area (Å²) in [5.41, 5.74) is 1.42. The van der Waals surface area contributed by atoms with Crippen molar-refractivity contribution < 1.29 is 14.4 Å². The van der Waals surface area contributed by atoms with Crippen molar-refractivity contribution in [1.29, 1.82) is 0 Å². The molecule has 28 heavy (non-hydrogen) atoms. The van der Waals surface area contributed by atoms with Gasteiger partial charge in [-0.2, -0.15) is 0 Å². The van der Waals surface area contributed by atoms with Crippen molar-refractivity contribution in [1.82, 2.24) is 4.90 Å². The number of nitrogens with one attached hydrogen (secondary N) is 1.